The predicted octanol–water partition coefficient (Wildman–Crippen LogP) is 2.16. The molecule has 1 aliphatic rings. The zero-order valence-corrected chi connectivity index (χ0v) is 12.2. The molecule has 3 rings (SSSR count). The first kappa shape index (κ1) is 13.8. The van der Waals surface area contributed by atoms with Gasteiger partial charge < -0.3 is 9.67 Å². The molecular weight excluding hydrogens is 290 g/mol. The lowest BCUT2D eigenvalue weighted by Gasteiger charge is -2.06. The van der Waals surface area contributed by atoms with Gasteiger partial charge in [0.15, 0.2) is 5.13 Å². The van der Waals surface area contributed by atoms with E-state index in [-0.39, 0.29) is 12.5 Å². The van der Waals surface area contributed by atoms with Gasteiger partial charge in [0.1, 0.15) is 12.2 Å². The number of amides is 1. The average molecular weight is 305 g/mol. The van der Waals surface area contributed by atoms with E-state index in [0.29, 0.717) is 10.8 Å². The fraction of sp³-hybridized carbons (Fsp3) is 0.357. The number of nitrogens with one attached hydrogen (secondary N) is 1. The highest BCUT2D eigenvalue weighted by Gasteiger charge is 2.18. The summed E-state index contributed by atoms with van der Waals surface area (Å²) < 4.78 is 1.41. The van der Waals surface area contributed by atoms with E-state index < -0.39 is 5.97 Å². The molecule has 2 aromatic rings. The average Bonchev–Trinajstić information content (AvgIpc) is 3.03. The van der Waals surface area contributed by atoms with Crippen LogP contribution in [0.25, 0.3) is 0 Å². The molecule has 0 unspecified atom stereocenters. The number of rotatable bonds is 4. The van der Waals surface area contributed by atoms with Crippen molar-refractivity contribution in [3.63, 3.8) is 0 Å². The molecule has 21 heavy (non-hydrogen) atoms. The van der Waals surface area contributed by atoms with Crippen LogP contribution in [0, 0.1) is 0 Å². The maximum Gasteiger partial charge on any atom is 0.323 e. The molecule has 1 amide bonds. The number of carbonyl (C=O) groups is 2. The van der Waals surface area contributed by atoms with Crippen LogP contribution < -0.4 is 5.32 Å². The van der Waals surface area contributed by atoms with Gasteiger partial charge in [-0.15, -0.1) is 11.3 Å². The Hall–Kier alpha value is -2.15. The van der Waals surface area contributed by atoms with Crippen LogP contribution in [0.1, 0.15) is 33.9 Å². The summed E-state index contributed by atoms with van der Waals surface area (Å²) in [5.74, 6) is -1.31. The van der Waals surface area contributed by atoms with Crippen LogP contribution >= 0.6 is 11.3 Å². The zero-order valence-electron chi connectivity index (χ0n) is 11.3. The van der Waals surface area contributed by atoms with Crippen molar-refractivity contribution in [1.82, 2.24) is 9.55 Å². The number of carbonyl (C=O) groups excluding carboxylic acids is 1. The van der Waals surface area contributed by atoms with E-state index in [1.807, 2.05) is 0 Å². The number of anilines is 1. The third kappa shape index (κ3) is 2.97. The topological polar surface area (TPSA) is 84.2 Å². The van der Waals surface area contributed by atoms with E-state index in [2.05, 4.69) is 10.3 Å². The molecule has 110 valence electrons. The van der Waals surface area contributed by atoms with Gasteiger partial charge in [0.2, 0.25) is 0 Å². The fourth-order valence-electron chi connectivity index (χ4n) is 2.47. The van der Waals surface area contributed by atoms with Crippen molar-refractivity contribution in [2.24, 2.45) is 0 Å². The van der Waals surface area contributed by atoms with Crippen molar-refractivity contribution < 1.29 is 14.7 Å². The molecule has 0 aromatic carbocycles. The molecule has 0 saturated heterocycles. The first-order valence-electron chi connectivity index (χ1n) is 6.80. The summed E-state index contributed by atoms with van der Waals surface area (Å²) in [7, 11) is 0. The van der Waals surface area contributed by atoms with Gasteiger partial charge in [-0.1, -0.05) is 0 Å². The number of carboxylic acids is 1. The molecule has 7 heteroatoms. The first-order chi connectivity index (χ1) is 10.1. The van der Waals surface area contributed by atoms with Crippen LogP contribution in [-0.2, 0) is 24.2 Å². The number of fused-ring (bicyclic) bond motifs is 1. The lowest BCUT2D eigenvalue weighted by atomic mass is 10.0. The highest BCUT2D eigenvalue weighted by Crippen LogP contribution is 2.29. The largest absolute Gasteiger partial charge is 0.480 e. The molecule has 0 saturated carbocycles. The highest BCUT2D eigenvalue weighted by molar-refractivity contribution is 7.15. The third-order valence-electron chi connectivity index (χ3n) is 3.43. The Morgan fingerprint density at radius 1 is 1.38 bits per heavy atom. The van der Waals surface area contributed by atoms with Gasteiger partial charge in [-0.2, -0.15) is 0 Å². The number of thiazole rings is 1. The van der Waals surface area contributed by atoms with Gasteiger partial charge in [-0.25, -0.2) is 4.98 Å². The molecule has 1 aliphatic carbocycles. The van der Waals surface area contributed by atoms with Crippen molar-refractivity contribution in [2.75, 3.05) is 5.32 Å². The van der Waals surface area contributed by atoms with Crippen molar-refractivity contribution in [1.29, 1.82) is 0 Å². The summed E-state index contributed by atoms with van der Waals surface area (Å²) in [6.45, 7) is -0.232. The summed E-state index contributed by atoms with van der Waals surface area (Å²) in [6, 6.07) is 3.26. The molecule has 0 spiro atoms. The molecule has 0 aliphatic heterocycles. The first-order valence-corrected chi connectivity index (χ1v) is 7.62. The van der Waals surface area contributed by atoms with E-state index in [9.17, 15) is 9.59 Å². The Kier molecular flexibility index (Phi) is 3.74. The van der Waals surface area contributed by atoms with Crippen molar-refractivity contribution in [2.45, 2.75) is 32.2 Å². The van der Waals surface area contributed by atoms with Crippen LogP contribution in [-0.4, -0.2) is 26.5 Å². The maximum absolute atomic E-state index is 12.2. The van der Waals surface area contributed by atoms with Gasteiger partial charge in [-0.05, 0) is 37.8 Å². The smallest absolute Gasteiger partial charge is 0.323 e. The Balaban J connectivity index is 1.75. The van der Waals surface area contributed by atoms with Gasteiger partial charge in [0.25, 0.3) is 5.91 Å². The minimum absolute atomic E-state index is 0.232. The van der Waals surface area contributed by atoms with E-state index in [1.165, 1.54) is 27.2 Å². The molecule has 2 aromatic heterocycles. The summed E-state index contributed by atoms with van der Waals surface area (Å²) in [4.78, 5) is 28.7. The van der Waals surface area contributed by atoms with E-state index >= 15 is 0 Å². The van der Waals surface area contributed by atoms with Crippen LogP contribution in [0.5, 0.6) is 0 Å². The Bertz CT molecular complexity index is 666. The molecule has 2 heterocycles. The molecule has 0 radical (unpaired) electrons. The molecule has 0 atom stereocenters. The van der Waals surface area contributed by atoms with E-state index in [0.717, 1.165) is 25.0 Å². The van der Waals surface area contributed by atoms with Crippen molar-refractivity contribution in [3.8, 4) is 0 Å². The summed E-state index contributed by atoms with van der Waals surface area (Å²) >= 11 is 1.51. The number of hydrogen-bond acceptors (Lipinski definition) is 4. The van der Waals surface area contributed by atoms with Crippen molar-refractivity contribution in [3.05, 3.63) is 34.6 Å². The SMILES string of the molecule is O=C(O)Cn1cccc1C(=O)Nc1nc2c(s1)CCCC2. The van der Waals surface area contributed by atoms with Crippen LogP contribution in [0.3, 0.4) is 0 Å². The number of aliphatic carboxylic acids is 1. The van der Waals surface area contributed by atoms with Crippen molar-refractivity contribution >= 4 is 28.3 Å². The van der Waals surface area contributed by atoms with Gasteiger partial charge in [0.05, 0.1) is 5.69 Å². The summed E-state index contributed by atoms with van der Waals surface area (Å²) in [5, 5.41) is 12.2. The Morgan fingerprint density at radius 2 is 2.19 bits per heavy atom. The number of nitrogens with zero attached hydrogens (tertiary/aromatic N) is 2. The zero-order chi connectivity index (χ0) is 14.8. The lowest BCUT2D eigenvalue weighted by Crippen LogP contribution is -2.19. The fourth-order valence-corrected chi connectivity index (χ4v) is 3.52. The predicted molar refractivity (Wildman–Crippen MR) is 78.8 cm³/mol. The number of aryl methyl sites for hydroxylation is 2. The molecule has 0 bridgehead atoms. The normalized spacial score (nSPS) is 13.7. The minimum atomic E-state index is -0.982. The third-order valence-corrected chi connectivity index (χ3v) is 4.51. The molecule has 0 fully saturated rings. The number of carboxylic acid groups (broad SMARTS) is 1. The van der Waals surface area contributed by atoms with Gasteiger partial charge in [0, 0.05) is 11.1 Å². The minimum Gasteiger partial charge on any atom is -0.480 e. The van der Waals surface area contributed by atoms with Gasteiger partial charge >= 0.3 is 5.97 Å². The van der Waals surface area contributed by atoms with Crippen LogP contribution in [0.4, 0.5) is 5.13 Å². The Morgan fingerprint density at radius 3 is 2.95 bits per heavy atom. The van der Waals surface area contributed by atoms with Crippen LogP contribution in [0.2, 0.25) is 0 Å². The lowest BCUT2D eigenvalue weighted by molar-refractivity contribution is -0.137. The second-order valence-electron chi connectivity index (χ2n) is 4.97. The van der Waals surface area contributed by atoms with E-state index in [4.69, 9.17) is 5.11 Å². The molecule has 6 nitrogen and oxygen atoms in total. The van der Waals surface area contributed by atoms with E-state index in [1.54, 1.807) is 18.3 Å². The maximum atomic E-state index is 12.2. The van der Waals surface area contributed by atoms with Gasteiger partial charge in [-0.3, -0.25) is 14.9 Å². The molecule has 2 N–H and O–H groups in total. The molecular formula is C14H15N3O3S. The second-order valence-corrected chi connectivity index (χ2v) is 6.05. The second kappa shape index (κ2) is 5.69. The summed E-state index contributed by atoms with van der Waals surface area (Å²) in [6.07, 6.45) is 5.89. The summed E-state index contributed by atoms with van der Waals surface area (Å²) in [5.41, 5.74) is 1.41. The highest BCUT2D eigenvalue weighted by atomic mass is 32.1. The monoisotopic (exact) mass is 305 g/mol. The number of hydrogen-bond donors (Lipinski definition) is 2. The van der Waals surface area contributed by atoms with Crippen LogP contribution in [0.15, 0.2) is 18.3 Å². The Labute approximate surface area is 125 Å². The standard InChI is InChI=1S/C14H15N3O3S/c18-12(19)8-17-7-3-5-10(17)13(20)16-14-15-9-4-1-2-6-11(9)21-14/h3,5,7H,1-2,4,6,8H2,(H,18,19)(H,15,16,20). The number of aromatic nitrogens is 2. The quantitative estimate of drug-likeness (QED) is 0.906.